The quantitative estimate of drug-likeness (QED) is 0.795. The van der Waals surface area contributed by atoms with Crippen LogP contribution in [0, 0.1) is 6.92 Å². The van der Waals surface area contributed by atoms with Crippen molar-refractivity contribution in [2.45, 2.75) is 51.5 Å². The fourth-order valence-corrected chi connectivity index (χ4v) is 2.84. The van der Waals surface area contributed by atoms with Gasteiger partial charge in [-0.3, -0.25) is 5.32 Å². The molecule has 94 valence electrons. The lowest BCUT2D eigenvalue weighted by Gasteiger charge is -2.15. The van der Waals surface area contributed by atoms with E-state index in [-0.39, 0.29) is 6.03 Å². The molecule has 1 heterocycles. The molecule has 1 aromatic rings. The number of aromatic nitrogens is 1. The van der Waals surface area contributed by atoms with Gasteiger partial charge in [-0.15, -0.1) is 11.3 Å². The van der Waals surface area contributed by atoms with Crippen LogP contribution < -0.4 is 10.6 Å². The van der Waals surface area contributed by atoms with E-state index >= 15 is 0 Å². The molecule has 0 aliphatic heterocycles. The molecule has 0 radical (unpaired) electrons. The highest BCUT2D eigenvalue weighted by Crippen LogP contribution is 2.18. The smallest absolute Gasteiger partial charge is 0.321 e. The largest absolute Gasteiger partial charge is 0.335 e. The van der Waals surface area contributed by atoms with E-state index in [1.807, 2.05) is 12.3 Å². The number of thiazole rings is 1. The molecule has 5 heteroatoms. The summed E-state index contributed by atoms with van der Waals surface area (Å²) in [5.74, 6) is 0. The number of anilines is 1. The third-order valence-electron chi connectivity index (χ3n) is 3.03. The molecule has 2 N–H and O–H groups in total. The van der Waals surface area contributed by atoms with Gasteiger partial charge in [-0.25, -0.2) is 9.78 Å². The van der Waals surface area contributed by atoms with Crippen molar-refractivity contribution < 1.29 is 4.79 Å². The monoisotopic (exact) mass is 253 g/mol. The van der Waals surface area contributed by atoms with E-state index in [9.17, 15) is 4.79 Å². The molecular formula is C12H19N3OS. The van der Waals surface area contributed by atoms with Gasteiger partial charge >= 0.3 is 6.03 Å². The number of rotatable bonds is 2. The Morgan fingerprint density at radius 3 is 2.65 bits per heavy atom. The van der Waals surface area contributed by atoms with Gasteiger partial charge in [-0.05, 0) is 19.8 Å². The van der Waals surface area contributed by atoms with Crippen molar-refractivity contribution in [3.8, 4) is 0 Å². The van der Waals surface area contributed by atoms with E-state index < -0.39 is 0 Å². The molecule has 4 nitrogen and oxygen atoms in total. The maximum absolute atomic E-state index is 11.7. The Labute approximate surface area is 106 Å². The molecule has 2 rings (SSSR count). The van der Waals surface area contributed by atoms with Gasteiger partial charge in [0.1, 0.15) is 0 Å². The Balaban J connectivity index is 1.80. The number of hydrogen-bond acceptors (Lipinski definition) is 3. The number of hydrogen-bond donors (Lipinski definition) is 2. The fraction of sp³-hybridized carbons (Fsp3) is 0.667. The first-order chi connectivity index (χ1) is 8.24. The van der Waals surface area contributed by atoms with Crippen LogP contribution in [0.2, 0.25) is 0 Å². The second-order valence-electron chi connectivity index (χ2n) is 4.58. The maximum Gasteiger partial charge on any atom is 0.321 e. The summed E-state index contributed by atoms with van der Waals surface area (Å²) in [6.45, 7) is 1.92. The van der Waals surface area contributed by atoms with E-state index in [4.69, 9.17) is 0 Å². The Hall–Kier alpha value is -1.10. The summed E-state index contributed by atoms with van der Waals surface area (Å²) in [5.41, 5.74) is 0.944. The van der Waals surface area contributed by atoms with Gasteiger partial charge in [0.25, 0.3) is 0 Å². The second-order valence-corrected chi connectivity index (χ2v) is 5.44. The number of carbonyl (C=O) groups excluding carboxylic acids is 1. The van der Waals surface area contributed by atoms with Crippen LogP contribution in [0.3, 0.4) is 0 Å². The Morgan fingerprint density at radius 2 is 2.06 bits per heavy atom. The number of carbonyl (C=O) groups is 1. The summed E-state index contributed by atoms with van der Waals surface area (Å²) < 4.78 is 0. The average molecular weight is 253 g/mol. The van der Waals surface area contributed by atoms with Crippen molar-refractivity contribution in [1.82, 2.24) is 10.3 Å². The van der Waals surface area contributed by atoms with Crippen molar-refractivity contribution >= 4 is 22.5 Å². The van der Waals surface area contributed by atoms with Gasteiger partial charge in [-0.1, -0.05) is 25.7 Å². The molecule has 0 atom stereocenters. The minimum absolute atomic E-state index is 0.119. The number of aryl methyl sites for hydroxylation is 1. The zero-order valence-corrected chi connectivity index (χ0v) is 11.0. The molecule has 0 spiro atoms. The van der Waals surface area contributed by atoms with E-state index in [0.717, 1.165) is 18.5 Å². The van der Waals surface area contributed by atoms with Crippen LogP contribution in [-0.2, 0) is 0 Å². The summed E-state index contributed by atoms with van der Waals surface area (Å²) >= 11 is 1.46. The first-order valence-electron chi connectivity index (χ1n) is 6.24. The van der Waals surface area contributed by atoms with E-state index in [2.05, 4.69) is 15.6 Å². The SMILES string of the molecule is Cc1csc(NC(=O)NC2CCCCCC2)n1. The molecule has 2 amide bonds. The van der Waals surface area contributed by atoms with Gasteiger partial charge in [0.15, 0.2) is 5.13 Å². The molecule has 1 aliphatic carbocycles. The first-order valence-corrected chi connectivity index (χ1v) is 7.11. The van der Waals surface area contributed by atoms with Crippen LogP contribution in [0.15, 0.2) is 5.38 Å². The van der Waals surface area contributed by atoms with E-state index in [1.54, 1.807) is 0 Å². The van der Waals surface area contributed by atoms with Gasteiger partial charge in [0, 0.05) is 11.4 Å². The Morgan fingerprint density at radius 1 is 1.35 bits per heavy atom. The maximum atomic E-state index is 11.7. The van der Waals surface area contributed by atoms with Crippen molar-refractivity contribution in [3.05, 3.63) is 11.1 Å². The summed E-state index contributed by atoms with van der Waals surface area (Å²) in [6.07, 6.45) is 7.24. The minimum Gasteiger partial charge on any atom is -0.335 e. The third kappa shape index (κ3) is 4.00. The fourth-order valence-electron chi connectivity index (χ4n) is 2.15. The lowest BCUT2D eigenvalue weighted by atomic mass is 10.1. The lowest BCUT2D eigenvalue weighted by molar-refractivity contribution is 0.247. The summed E-state index contributed by atoms with van der Waals surface area (Å²) in [4.78, 5) is 16.0. The predicted octanol–water partition coefficient (Wildman–Crippen LogP) is 3.30. The molecule has 1 saturated carbocycles. The normalized spacial score (nSPS) is 17.5. The standard InChI is InChI=1S/C12H19N3OS/c1-9-8-17-12(13-9)15-11(16)14-10-6-4-2-3-5-7-10/h8,10H,2-7H2,1H3,(H2,13,14,15,16). The van der Waals surface area contributed by atoms with Crippen LogP contribution in [-0.4, -0.2) is 17.1 Å². The van der Waals surface area contributed by atoms with Crippen molar-refractivity contribution in [1.29, 1.82) is 0 Å². The van der Waals surface area contributed by atoms with Crippen LogP contribution in [0.25, 0.3) is 0 Å². The van der Waals surface area contributed by atoms with Gasteiger partial charge < -0.3 is 5.32 Å². The molecule has 17 heavy (non-hydrogen) atoms. The summed E-state index contributed by atoms with van der Waals surface area (Å²) in [5, 5.41) is 8.43. The van der Waals surface area contributed by atoms with Crippen molar-refractivity contribution in [2.75, 3.05) is 5.32 Å². The Kier molecular flexibility index (Phi) is 4.36. The van der Waals surface area contributed by atoms with Crippen LogP contribution in [0.5, 0.6) is 0 Å². The lowest BCUT2D eigenvalue weighted by Crippen LogP contribution is -2.37. The molecule has 0 saturated heterocycles. The van der Waals surface area contributed by atoms with Crippen molar-refractivity contribution in [2.24, 2.45) is 0 Å². The third-order valence-corrected chi connectivity index (χ3v) is 3.91. The van der Waals surface area contributed by atoms with Crippen LogP contribution in [0.1, 0.15) is 44.2 Å². The molecule has 1 aliphatic rings. The number of amides is 2. The van der Waals surface area contributed by atoms with Crippen LogP contribution in [0.4, 0.5) is 9.93 Å². The number of nitrogens with one attached hydrogen (secondary N) is 2. The molecule has 0 unspecified atom stereocenters. The molecule has 0 aromatic carbocycles. The second kappa shape index (κ2) is 6.00. The topological polar surface area (TPSA) is 54.0 Å². The summed E-state index contributed by atoms with van der Waals surface area (Å²) in [7, 11) is 0. The predicted molar refractivity (Wildman–Crippen MR) is 70.5 cm³/mol. The average Bonchev–Trinajstić information content (AvgIpc) is 2.53. The zero-order chi connectivity index (χ0) is 12.1. The number of urea groups is 1. The van der Waals surface area contributed by atoms with Gasteiger partial charge in [0.2, 0.25) is 0 Å². The number of nitrogens with zero attached hydrogens (tertiary/aromatic N) is 1. The molecular weight excluding hydrogens is 234 g/mol. The van der Waals surface area contributed by atoms with Gasteiger partial charge in [0.05, 0.1) is 5.69 Å². The van der Waals surface area contributed by atoms with E-state index in [1.165, 1.54) is 37.0 Å². The highest BCUT2D eigenvalue weighted by atomic mass is 32.1. The molecule has 0 bridgehead atoms. The van der Waals surface area contributed by atoms with Gasteiger partial charge in [-0.2, -0.15) is 0 Å². The first kappa shape index (κ1) is 12.4. The Bertz CT molecular complexity index is 370. The highest BCUT2D eigenvalue weighted by Gasteiger charge is 2.15. The minimum atomic E-state index is -0.119. The zero-order valence-electron chi connectivity index (χ0n) is 10.2. The highest BCUT2D eigenvalue weighted by molar-refractivity contribution is 7.13. The van der Waals surface area contributed by atoms with E-state index in [0.29, 0.717) is 11.2 Å². The van der Waals surface area contributed by atoms with Crippen molar-refractivity contribution in [3.63, 3.8) is 0 Å². The molecule has 1 fully saturated rings. The summed E-state index contributed by atoms with van der Waals surface area (Å²) in [6, 6.07) is 0.213. The van der Waals surface area contributed by atoms with Crippen LogP contribution >= 0.6 is 11.3 Å². The molecule has 1 aromatic heterocycles.